The van der Waals surface area contributed by atoms with Crippen molar-refractivity contribution < 1.29 is 23.9 Å². The van der Waals surface area contributed by atoms with Crippen molar-refractivity contribution in [1.29, 1.82) is 0 Å². The Morgan fingerprint density at radius 2 is 1.68 bits per heavy atom. The number of rotatable bonds is 3. The summed E-state index contributed by atoms with van der Waals surface area (Å²) in [4.78, 5) is 40.1. The molecule has 4 aliphatic carbocycles. The van der Waals surface area contributed by atoms with E-state index in [4.69, 9.17) is 9.47 Å². The molecule has 4 bridgehead atoms. The van der Waals surface area contributed by atoms with Crippen molar-refractivity contribution in [3.05, 3.63) is 29.3 Å². The number of benzene rings is 1. The van der Waals surface area contributed by atoms with Crippen LogP contribution in [0.25, 0.3) is 6.08 Å². The van der Waals surface area contributed by atoms with Crippen LogP contribution in [0.3, 0.4) is 0 Å². The van der Waals surface area contributed by atoms with E-state index in [0.717, 1.165) is 19.3 Å². The number of urea groups is 1. The molecule has 4 amide bonds. The van der Waals surface area contributed by atoms with Gasteiger partial charge in [0.15, 0.2) is 11.5 Å². The average molecular weight is 422 g/mol. The second-order valence-corrected chi connectivity index (χ2v) is 10.1. The number of hydrogen-bond acceptors (Lipinski definition) is 5. The molecule has 6 aliphatic rings. The van der Waals surface area contributed by atoms with Gasteiger partial charge in [-0.1, -0.05) is 6.07 Å². The quantitative estimate of drug-likeness (QED) is 0.595. The molecule has 31 heavy (non-hydrogen) atoms. The van der Waals surface area contributed by atoms with Gasteiger partial charge in [0.25, 0.3) is 11.8 Å². The standard InChI is InChI=1S/C24H26N2O5/c1-13(24-9-15-4-16(10-24)6-17(5-15)11-24)26-22(28)18(21(27)25-23(26)29)7-14-2-3-19-20(8-14)31-12-30-19/h2-3,7-8,13,15-17H,4-6,9-12H2,1H3,(H,25,27,29)/b18-7+. The molecule has 162 valence electrons. The maximum atomic E-state index is 13.4. The van der Waals surface area contributed by atoms with E-state index in [-0.39, 0.29) is 23.8 Å². The van der Waals surface area contributed by atoms with Crippen LogP contribution in [0.2, 0.25) is 0 Å². The van der Waals surface area contributed by atoms with Crippen molar-refractivity contribution in [3.8, 4) is 11.5 Å². The zero-order valence-corrected chi connectivity index (χ0v) is 17.6. The molecule has 7 nitrogen and oxygen atoms in total. The van der Waals surface area contributed by atoms with Gasteiger partial charge in [0.2, 0.25) is 6.79 Å². The van der Waals surface area contributed by atoms with E-state index in [1.165, 1.54) is 30.2 Å². The lowest BCUT2D eigenvalue weighted by Crippen LogP contribution is -2.63. The Balaban J connectivity index is 1.32. The minimum absolute atomic E-state index is 0.0185. The summed E-state index contributed by atoms with van der Waals surface area (Å²) in [6.45, 7) is 2.15. The average Bonchev–Trinajstić information content (AvgIpc) is 3.18. The number of nitrogens with one attached hydrogen (secondary N) is 1. The third-order valence-electron chi connectivity index (χ3n) is 8.20. The summed E-state index contributed by atoms with van der Waals surface area (Å²) in [7, 11) is 0. The highest BCUT2D eigenvalue weighted by molar-refractivity contribution is 6.31. The second kappa shape index (κ2) is 6.58. The van der Waals surface area contributed by atoms with Crippen molar-refractivity contribution in [2.24, 2.45) is 23.2 Å². The Hall–Kier alpha value is -2.83. The third kappa shape index (κ3) is 2.89. The van der Waals surface area contributed by atoms with Gasteiger partial charge in [-0.15, -0.1) is 0 Å². The summed E-state index contributed by atoms with van der Waals surface area (Å²) in [6.07, 6.45) is 8.64. The SMILES string of the molecule is CC(N1C(=O)NC(=O)/C(=C\c2ccc3c(c2)OCO3)C1=O)C12CC3CC(CC(C3)C1)C2. The van der Waals surface area contributed by atoms with Gasteiger partial charge in [0, 0.05) is 6.04 Å². The first kappa shape index (κ1) is 18.9. The molecule has 2 aliphatic heterocycles. The van der Waals surface area contributed by atoms with Crippen molar-refractivity contribution in [2.75, 3.05) is 6.79 Å². The van der Waals surface area contributed by atoms with Crippen LogP contribution >= 0.6 is 0 Å². The lowest BCUT2D eigenvalue weighted by atomic mass is 9.47. The first-order chi connectivity index (χ1) is 14.9. The van der Waals surface area contributed by atoms with Gasteiger partial charge in [-0.25, -0.2) is 4.79 Å². The summed E-state index contributed by atoms with van der Waals surface area (Å²) >= 11 is 0. The molecule has 0 aromatic heterocycles. The molecular formula is C24H26N2O5. The van der Waals surface area contributed by atoms with Crippen molar-refractivity contribution in [2.45, 2.75) is 51.5 Å². The second-order valence-electron chi connectivity index (χ2n) is 10.1. The Labute approximate surface area is 180 Å². The number of ether oxygens (including phenoxy) is 2. The Bertz CT molecular complexity index is 994. The van der Waals surface area contributed by atoms with Gasteiger partial charge in [-0.3, -0.25) is 19.8 Å². The third-order valence-corrected chi connectivity index (χ3v) is 8.20. The van der Waals surface area contributed by atoms with E-state index < -0.39 is 17.8 Å². The van der Waals surface area contributed by atoms with Gasteiger partial charge >= 0.3 is 6.03 Å². The fourth-order valence-corrected chi connectivity index (χ4v) is 7.16. The number of carbonyl (C=O) groups excluding carboxylic acids is 3. The molecule has 7 rings (SSSR count). The van der Waals surface area contributed by atoms with E-state index >= 15 is 0 Å². The lowest BCUT2D eigenvalue weighted by molar-refractivity contribution is -0.139. The topological polar surface area (TPSA) is 84.9 Å². The number of fused-ring (bicyclic) bond motifs is 1. The smallest absolute Gasteiger partial charge is 0.331 e. The molecule has 7 heteroatoms. The highest BCUT2D eigenvalue weighted by atomic mass is 16.7. The molecule has 1 N–H and O–H groups in total. The Kier molecular flexibility index (Phi) is 4.01. The van der Waals surface area contributed by atoms with Crippen LogP contribution in [0.1, 0.15) is 51.0 Å². The molecule has 2 heterocycles. The van der Waals surface area contributed by atoms with Crippen LogP contribution in [-0.4, -0.2) is 35.6 Å². The zero-order chi connectivity index (χ0) is 21.3. The Morgan fingerprint density at radius 1 is 1.03 bits per heavy atom. The molecule has 1 unspecified atom stereocenters. The molecule has 0 radical (unpaired) electrons. The molecule has 1 saturated heterocycles. The summed E-state index contributed by atoms with van der Waals surface area (Å²) in [5.41, 5.74) is 0.612. The van der Waals surface area contributed by atoms with Gasteiger partial charge in [0.05, 0.1) is 0 Å². The molecule has 0 spiro atoms. The first-order valence-corrected chi connectivity index (χ1v) is 11.2. The number of barbiturate groups is 1. The van der Waals surface area contributed by atoms with Gasteiger partial charge in [-0.05, 0) is 92.4 Å². The molecule has 5 fully saturated rings. The molecule has 4 saturated carbocycles. The maximum Gasteiger partial charge on any atom is 0.331 e. The van der Waals surface area contributed by atoms with Crippen LogP contribution in [0.4, 0.5) is 4.79 Å². The number of amides is 4. The minimum Gasteiger partial charge on any atom is -0.454 e. The number of imide groups is 2. The van der Waals surface area contributed by atoms with Crippen LogP contribution in [0.15, 0.2) is 23.8 Å². The van der Waals surface area contributed by atoms with Gasteiger partial charge in [-0.2, -0.15) is 0 Å². The maximum absolute atomic E-state index is 13.4. The fraction of sp³-hybridized carbons (Fsp3) is 0.542. The van der Waals surface area contributed by atoms with Crippen LogP contribution in [-0.2, 0) is 9.59 Å². The Morgan fingerprint density at radius 3 is 2.35 bits per heavy atom. The monoisotopic (exact) mass is 422 g/mol. The number of nitrogens with zero attached hydrogens (tertiary/aromatic N) is 1. The predicted octanol–water partition coefficient (Wildman–Crippen LogP) is 3.48. The largest absolute Gasteiger partial charge is 0.454 e. The highest BCUT2D eigenvalue weighted by Crippen LogP contribution is 2.62. The van der Waals surface area contributed by atoms with Crippen molar-refractivity contribution in [1.82, 2.24) is 10.2 Å². The summed E-state index contributed by atoms with van der Waals surface area (Å²) < 4.78 is 10.7. The molecular weight excluding hydrogens is 396 g/mol. The van der Waals surface area contributed by atoms with Gasteiger partial charge in [0.1, 0.15) is 5.57 Å². The minimum atomic E-state index is -0.651. The van der Waals surface area contributed by atoms with E-state index in [1.54, 1.807) is 18.2 Å². The first-order valence-electron chi connectivity index (χ1n) is 11.2. The van der Waals surface area contributed by atoms with E-state index in [1.807, 2.05) is 6.92 Å². The predicted molar refractivity (Wildman–Crippen MR) is 111 cm³/mol. The van der Waals surface area contributed by atoms with Gasteiger partial charge < -0.3 is 9.47 Å². The molecule has 1 aromatic carbocycles. The summed E-state index contributed by atoms with van der Waals surface area (Å²) in [5.74, 6) is 2.18. The van der Waals surface area contributed by atoms with Crippen molar-refractivity contribution >= 4 is 23.9 Å². The highest BCUT2D eigenvalue weighted by Gasteiger charge is 2.56. The normalized spacial score (nSPS) is 35.6. The van der Waals surface area contributed by atoms with Crippen LogP contribution < -0.4 is 14.8 Å². The van der Waals surface area contributed by atoms with Crippen LogP contribution in [0.5, 0.6) is 11.5 Å². The van der Waals surface area contributed by atoms with Crippen LogP contribution in [0, 0.1) is 23.2 Å². The number of carbonyl (C=O) groups is 3. The van der Waals surface area contributed by atoms with E-state index in [2.05, 4.69) is 5.32 Å². The summed E-state index contributed by atoms with van der Waals surface area (Å²) in [6, 6.07) is 4.42. The fourth-order valence-electron chi connectivity index (χ4n) is 7.16. The zero-order valence-electron chi connectivity index (χ0n) is 17.6. The molecule has 1 aromatic rings. The molecule has 1 atom stereocenters. The number of hydrogen-bond donors (Lipinski definition) is 1. The lowest BCUT2D eigenvalue weighted by Gasteiger charge is -2.60. The van der Waals surface area contributed by atoms with E-state index in [9.17, 15) is 14.4 Å². The summed E-state index contributed by atoms with van der Waals surface area (Å²) in [5, 5.41) is 2.40. The van der Waals surface area contributed by atoms with Crippen molar-refractivity contribution in [3.63, 3.8) is 0 Å². The van der Waals surface area contributed by atoms with E-state index in [0.29, 0.717) is 34.8 Å².